The summed E-state index contributed by atoms with van der Waals surface area (Å²) in [6.45, 7) is 0.553. The van der Waals surface area contributed by atoms with Gasteiger partial charge < -0.3 is 14.3 Å². The van der Waals surface area contributed by atoms with Gasteiger partial charge in [-0.15, -0.1) is 11.6 Å². The molecule has 18 heavy (non-hydrogen) atoms. The zero-order valence-electron chi connectivity index (χ0n) is 10.3. The van der Waals surface area contributed by atoms with Gasteiger partial charge in [0.15, 0.2) is 11.5 Å². The van der Waals surface area contributed by atoms with Crippen LogP contribution in [0.1, 0.15) is 12.8 Å². The molecule has 1 aliphatic heterocycles. The third-order valence-electron chi connectivity index (χ3n) is 2.68. The Morgan fingerprint density at radius 1 is 1.39 bits per heavy atom. The molecular weight excluding hydrogens is 254 g/mol. The van der Waals surface area contributed by atoms with Crippen LogP contribution in [0.5, 0.6) is 11.5 Å². The summed E-state index contributed by atoms with van der Waals surface area (Å²) in [5.41, 5.74) is 0.996. The summed E-state index contributed by atoms with van der Waals surface area (Å²) in [7, 11) is 1.63. The summed E-state index contributed by atoms with van der Waals surface area (Å²) in [6.07, 6.45) is 1.55. The van der Waals surface area contributed by atoms with Crippen molar-refractivity contribution in [3.8, 4) is 11.5 Å². The van der Waals surface area contributed by atoms with Gasteiger partial charge in [0.25, 0.3) is 0 Å². The average molecular weight is 270 g/mol. The molecule has 5 heteroatoms. The van der Waals surface area contributed by atoms with E-state index in [1.54, 1.807) is 7.11 Å². The molecule has 1 atom stereocenters. The highest BCUT2D eigenvalue weighted by molar-refractivity contribution is 6.18. The highest BCUT2D eigenvalue weighted by Crippen LogP contribution is 2.26. The van der Waals surface area contributed by atoms with Crippen molar-refractivity contribution in [2.75, 3.05) is 19.6 Å². The van der Waals surface area contributed by atoms with E-state index in [9.17, 15) is 0 Å². The molecule has 0 amide bonds. The number of halogens is 1. The molecule has 0 aromatic heterocycles. The molecule has 1 aromatic rings. The van der Waals surface area contributed by atoms with Crippen LogP contribution < -0.4 is 9.47 Å². The zero-order valence-corrected chi connectivity index (χ0v) is 11.0. The van der Waals surface area contributed by atoms with Crippen LogP contribution in [0.15, 0.2) is 29.4 Å². The van der Waals surface area contributed by atoms with Crippen molar-refractivity contribution < 1.29 is 14.3 Å². The second-order valence-electron chi connectivity index (χ2n) is 3.99. The van der Waals surface area contributed by atoms with Crippen LogP contribution in [-0.4, -0.2) is 31.4 Å². The van der Waals surface area contributed by atoms with Crippen LogP contribution in [0.4, 0.5) is 0 Å². The van der Waals surface area contributed by atoms with Crippen molar-refractivity contribution in [3.05, 3.63) is 24.3 Å². The number of hydrogen-bond acceptors (Lipinski definition) is 4. The predicted molar refractivity (Wildman–Crippen MR) is 70.8 cm³/mol. The lowest BCUT2D eigenvalue weighted by molar-refractivity contribution is 0.102. The summed E-state index contributed by atoms with van der Waals surface area (Å²) in [4.78, 5) is 5.14. The summed E-state index contributed by atoms with van der Waals surface area (Å²) < 4.78 is 10.9. The minimum atomic E-state index is 0.0212. The van der Waals surface area contributed by atoms with E-state index >= 15 is 0 Å². The predicted octanol–water partition coefficient (Wildman–Crippen LogP) is 2.85. The molecule has 1 unspecified atom stereocenters. The van der Waals surface area contributed by atoms with Crippen molar-refractivity contribution >= 4 is 17.3 Å². The van der Waals surface area contributed by atoms with E-state index in [1.807, 2.05) is 24.3 Å². The molecule has 0 N–H and O–H groups in total. The van der Waals surface area contributed by atoms with E-state index in [4.69, 9.17) is 25.9 Å². The molecule has 0 saturated heterocycles. The Hall–Kier alpha value is -1.42. The van der Waals surface area contributed by atoms with Gasteiger partial charge in [0.2, 0.25) is 0 Å². The molecule has 0 saturated carbocycles. The molecule has 4 nitrogen and oxygen atoms in total. The average Bonchev–Trinajstić information content (AvgIpc) is 2.87. The monoisotopic (exact) mass is 269 g/mol. The number of oxime groups is 1. The van der Waals surface area contributed by atoms with Gasteiger partial charge in [0.1, 0.15) is 6.10 Å². The van der Waals surface area contributed by atoms with Gasteiger partial charge in [-0.25, -0.2) is 0 Å². The smallest absolute Gasteiger partial charge is 0.161 e. The molecule has 0 bridgehead atoms. The van der Waals surface area contributed by atoms with Crippen LogP contribution in [0.3, 0.4) is 0 Å². The Bertz CT molecular complexity index is 422. The summed E-state index contributed by atoms with van der Waals surface area (Å²) >= 11 is 5.70. The molecular formula is C13H16ClNO3. The van der Waals surface area contributed by atoms with Crippen LogP contribution in [0, 0.1) is 0 Å². The number of ether oxygens (including phenoxy) is 2. The van der Waals surface area contributed by atoms with Gasteiger partial charge >= 0.3 is 0 Å². The molecule has 1 aliphatic rings. The zero-order chi connectivity index (χ0) is 12.8. The number of benzene rings is 1. The lowest BCUT2D eigenvalue weighted by atomic mass is 10.1. The van der Waals surface area contributed by atoms with Crippen molar-refractivity contribution in [2.45, 2.75) is 18.9 Å². The fraction of sp³-hybridized carbons (Fsp3) is 0.462. The van der Waals surface area contributed by atoms with Gasteiger partial charge in [-0.1, -0.05) is 17.3 Å². The number of hydrogen-bond donors (Lipinski definition) is 0. The lowest BCUT2D eigenvalue weighted by Gasteiger charge is -2.09. The van der Waals surface area contributed by atoms with E-state index in [1.165, 1.54) is 0 Å². The van der Waals surface area contributed by atoms with Gasteiger partial charge in [0.05, 0.1) is 25.3 Å². The Morgan fingerprint density at radius 2 is 2.17 bits per heavy atom. The normalized spacial score (nSPS) is 18.1. The molecule has 98 valence electrons. The van der Waals surface area contributed by atoms with E-state index in [0.29, 0.717) is 12.5 Å². The molecule has 2 rings (SSSR count). The van der Waals surface area contributed by atoms with Crippen molar-refractivity contribution in [1.29, 1.82) is 0 Å². The highest BCUT2D eigenvalue weighted by atomic mass is 35.5. The Morgan fingerprint density at radius 3 is 2.83 bits per heavy atom. The van der Waals surface area contributed by atoms with Crippen LogP contribution in [0.25, 0.3) is 0 Å². The number of nitrogens with zero attached hydrogens (tertiary/aromatic N) is 1. The van der Waals surface area contributed by atoms with E-state index in [-0.39, 0.29) is 6.10 Å². The number of alkyl halides is 1. The molecule has 0 radical (unpaired) electrons. The van der Waals surface area contributed by atoms with Crippen molar-refractivity contribution in [1.82, 2.24) is 0 Å². The van der Waals surface area contributed by atoms with Crippen LogP contribution >= 0.6 is 11.6 Å². The number of para-hydroxylation sites is 2. The summed E-state index contributed by atoms with van der Waals surface area (Å²) in [6, 6.07) is 7.58. The SMILES string of the molecule is COc1ccccc1OCCC1=NOC(CCl)C1. The molecule has 0 fully saturated rings. The maximum absolute atomic E-state index is 5.70. The highest BCUT2D eigenvalue weighted by Gasteiger charge is 2.19. The first-order valence-corrected chi connectivity index (χ1v) is 6.40. The van der Waals surface area contributed by atoms with Gasteiger partial charge in [-0.3, -0.25) is 0 Å². The Kier molecular flexibility index (Phi) is 4.70. The summed E-state index contributed by atoms with van der Waals surface area (Å²) in [5.74, 6) is 1.95. The minimum Gasteiger partial charge on any atom is -0.493 e. The largest absolute Gasteiger partial charge is 0.493 e. The Labute approximate surface area is 111 Å². The van der Waals surface area contributed by atoms with Gasteiger partial charge in [0, 0.05) is 12.8 Å². The first-order chi connectivity index (χ1) is 8.83. The molecule has 0 aliphatic carbocycles. The fourth-order valence-electron chi connectivity index (χ4n) is 1.73. The van der Waals surface area contributed by atoms with E-state index in [2.05, 4.69) is 5.16 Å². The molecule has 1 heterocycles. The molecule has 0 spiro atoms. The quantitative estimate of drug-likeness (QED) is 0.746. The third kappa shape index (κ3) is 3.29. The summed E-state index contributed by atoms with van der Waals surface area (Å²) in [5, 5.41) is 3.98. The number of methoxy groups -OCH3 is 1. The van der Waals surface area contributed by atoms with Crippen molar-refractivity contribution in [2.24, 2.45) is 5.16 Å². The van der Waals surface area contributed by atoms with Gasteiger partial charge in [-0.2, -0.15) is 0 Å². The van der Waals surface area contributed by atoms with Crippen LogP contribution in [0.2, 0.25) is 0 Å². The van der Waals surface area contributed by atoms with Gasteiger partial charge in [-0.05, 0) is 12.1 Å². The third-order valence-corrected chi connectivity index (χ3v) is 3.03. The maximum atomic E-state index is 5.70. The van der Waals surface area contributed by atoms with Crippen LogP contribution in [-0.2, 0) is 4.84 Å². The standard InChI is InChI=1S/C13H16ClNO3/c1-16-12-4-2-3-5-13(12)17-7-6-10-8-11(9-14)18-15-10/h2-5,11H,6-9H2,1H3. The minimum absolute atomic E-state index is 0.0212. The second-order valence-corrected chi connectivity index (χ2v) is 4.30. The van der Waals surface area contributed by atoms with Crippen molar-refractivity contribution in [3.63, 3.8) is 0 Å². The van der Waals surface area contributed by atoms with E-state index in [0.717, 1.165) is 30.1 Å². The lowest BCUT2D eigenvalue weighted by Crippen LogP contribution is -2.11. The number of rotatable bonds is 6. The van der Waals surface area contributed by atoms with E-state index < -0.39 is 0 Å². The molecule has 1 aromatic carbocycles. The fourth-order valence-corrected chi connectivity index (χ4v) is 1.90. The maximum Gasteiger partial charge on any atom is 0.161 e. The second kappa shape index (κ2) is 6.50. The topological polar surface area (TPSA) is 40.0 Å². The first kappa shape index (κ1) is 13.0. The first-order valence-electron chi connectivity index (χ1n) is 5.87. The Balaban J connectivity index is 1.79.